The van der Waals surface area contributed by atoms with E-state index in [1.165, 1.54) is 0 Å². The monoisotopic (exact) mass is 240 g/mol. The molecule has 0 saturated carbocycles. The molecule has 2 rings (SSSR count). The summed E-state index contributed by atoms with van der Waals surface area (Å²) >= 11 is 0. The Bertz CT molecular complexity index is 335. The molecule has 2 fully saturated rings. The van der Waals surface area contributed by atoms with Gasteiger partial charge in [-0.05, 0) is 33.1 Å². The number of rotatable bonds is 0. The van der Waals surface area contributed by atoms with Crippen molar-refractivity contribution in [1.29, 1.82) is 0 Å². The number of ether oxygens (including phenoxy) is 1. The number of carbonyl (C=O) groups is 2. The van der Waals surface area contributed by atoms with Gasteiger partial charge in [0, 0.05) is 19.6 Å². The molecular weight excluding hydrogens is 220 g/mol. The third-order valence-electron chi connectivity index (χ3n) is 3.24. The molecule has 2 atom stereocenters. The van der Waals surface area contributed by atoms with Crippen LogP contribution in [-0.2, 0) is 9.53 Å². The number of fused-ring (bicyclic) bond motifs is 1. The van der Waals surface area contributed by atoms with E-state index < -0.39 is 5.60 Å². The third kappa shape index (κ3) is 2.70. The lowest BCUT2D eigenvalue weighted by molar-refractivity contribution is -0.127. The fourth-order valence-electron chi connectivity index (χ4n) is 2.45. The van der Waals surface area contributed by atoms with Crippen molar-refractivity contribution in [2.75, 3.05) is 19.6 Å². The van der Waals surface area contributed by atoms with E-state index in [9.17, 15) is 9.59 Å². The van der Waals surface area contributed by atoms with E-state index in [0.29, 0.717) is 19.0 Å². The van der Waals surface area contributed by atoms with Crippen LogP contribution in [-0.4, -0.2) is 42.1 Å². The molecule has 0 aliphatic carbocycles. The van der Waals surface area contributed by atoms with E-state index in [0.717, 1.165) is 13.0 Å². The molecule has 0 aromatic rings. The molecule has 1 N–H and O–H groups in total. The minimum absolute atomic E-state index is 0.0451. The molecule has 0 unspecified atom stereocenters. The molecule has 2 heterocycles. The SMILES string of the molecule is CC(C)(C)OC(=O)N1C[C@@H]2CCNC(=O)[C@H]2C1. The van der Waals surface area contributed by atoms with Crippen molar-refractivity contribution in [1.82, 2.24) is 10.2 Å². The van der Waals surface area contributed by atoms with Crippen LogP contribution in [0.3, 0.4) is 0 Å². The molecule has 2 amide bonds. The summed E-state index contributed by atoms with van der Waals surface area (Å²) in [6, 6.07) is 0. The van der Waals surface area contributed by atoms with E-state index in [-0.39, 0.29) is 17.9 Å². The van der Waals surface area contributed by atoms with Gasteiger partial charge in [-0.1, -0.05) is 0 Å². The van der Waals surface area contributed by atoms with Crippen molar-refractivity contribution in [2.45, 2.75) is 32.8 Å². The Morgan fingerprint density at radius 3 is 2.71 bits per heavy atom. The Kier molecular flexibility index (Phi) is 3.02. The maximum atomic E-state index is 11.9. The highest BCUT2D eigenvalue weighted by Gasteiger charge is 2.42. The summed E-state index contributed by atoms with van der Waals surface area (Å²) in [6.07, 6.45) is 0.648. The van der Waals surface area contributed by atoms with Crippen molar-refractivity contribution in [3.8, 4) is 0 Å². The van der Waals surface area contributed by atoms with Crippen LogP contribution in [0.1, 0.15) is 27.2 Å². The average molecular weight is 240 g/mol. The summed E-state index contributed by atoms with van der Waals surface area (Å²) in [5, 5.41) is 2.84. The second-order valence-corrected chi connectivity index (χ2v) is 5.83. The van der Waals surface area contributed by atoms with Gasteiger partial charge in [-0.2, -0.15) is 0 Å². The molecule has 0 aromatic carbocycles. The molecule has 2 aliphatic rings. The zero-order valence-electron chi connectivity index (χ0n) is 10.7. The summed E-state index contributed by atoms with van der Waals surface area (Å²) in [5.41, 5.74) is -0.479. The first-order valence-corrected chi connectivity index (χ1v) is 6.12. The highest BCUT2D eigenvalue weighted by atomic mass is 16.6. The Labute approximate surface area is 101 Å². The lowest BCUT2D eigenvalue weighted by Gasteiger charge is -2.24. The van der Waals surface area contributed by atoms with E-state index >= 15 is 0 Å². The summed E-state index contributed by atoms with van der Waals surface area (Å²) in [6.45, 7) is 7.41. The van der Waals surface area contributed by atoms with E-state index in [1.54, 1.807) is 4.90 Å². The number of hydrogen-bond donors (Lipinski definition) is 1. The van der Waals surface area contributed by atoms with Gasteiger partial charge in [-0.25, -0.2) is 4.79 Å². The van der Waals surface area contributed by atoms with Gasteiger partial charge in [-0.15, -0.1) is 0 Å². The van der Waals surface area contributed by atoms with Gasteiger partial charge in [-0.3, -0.25) is 4.79 Å². The first-order valence-electron chi connectivity index (χ1n) is 6.12. The van der Waals surface area contributed by atoms with Gasteiger partial charge in [0.05, 0.1) is 5.92 Å². The number of carbonyl (C=O) groups excluding carboxylic acids is 2. The predicted molar refractivity (Wildman–Crippen MR) is 62.4 cm³/mol. The number of nitrogens with zero attached hydrogens (tertiary/aromatic N) is 1. The van der Waals surface area contributed by atoms with Gasteiger partial charge >= 0.3 is 6.09 Å². The number of hydrogen-bond acceptors (Lipinski definition) is 3. The molecule has 0 bridgehead atoms. The fourth-order valence-corrected chi connectivity index (χ4v) is 2.45. The smallest absolute Gasteiger partial charge is 0.410 e. The Morgan fingerprint density at radius 2 is 2.12 bits per heavy atom. The largest absolute Gasteiger partial charge is 0.444 e. The van der Waals surface area contributed by atoms with Crippen LogP contribution in [0.5, 0.6) is 0 Å². The molecule has 96 valence electrons. The van der Waals surface area contributed by atoms with Crippen LogP contribution in [0.2, 0.25) is 0 Å². The first kappa shape index (κ1) is 12.2. The number of amides is 2. The van der Waals surface area contributed by atoms with Crippen LogP contribution in [0.25, 0.3) is 0 Å². The lowest BCUT2D eigenvalue weighted by Crippen LogP contribution is -2.41. The quantitative estimate of drug-likeness (QED) is 0.687. The summed E-state index contributed by atoms with van der Waals surface area (Å²) in [4.78, 5) is 25.2. The van der Waals surface area contributed by atoms with E-state index in [4.69, 9.17) is 4.74 Å². The standard InChI is InChI=1S/C12H20N2O3/c1-12(2,3)17-11(16)14-6-8-4-5-13-10(15)9(8)7-14/h8-9H,4-7H2,1-3H3,(H,13,15)/t8-,9-/m0/s1. The first-order chi connectivity index (χ1) is 7.87. The Hall–Kier alpha value is -1.26. The zero-order chi connectivity index (χ0) is 12.6. The number of piperidine rings is 1. The molecule has 5 nitrogen and oxygen atoms in total. The molecule has 2 aliphatic heterocycles. The van der Waals surface area contributed by atoms with Crippen LogP contribution in [0, 0.1) is 11.8 Å². The summed E-state index contributed by atoms with van der Waals surface area (Å²) < 4.78 is 5.32. The van der Waals surface area contributed by atoms with Crippen molar-refractivity contribution >= 4 is 12.0 Å². The molecular formula is C12H20N2O3. The highest BCUT2D eigenvalue weighted by molar-refractivity contribution is 5.81. The Balaban J connectivity index is 1.97. The van der Waals surface area contributed by atoms with Gasteiger partial charge in [0.1, 0.15) is 5.60 Å². The molecule has 17 heavy (non-hydrogen) atoms. The second-order valence-electron chi connectivity index (χ2n) is 5.83. The second kappa shape index (κ2) is 4.20. The minimum Gasteiger partial charge on any atom is -0.444 e. The van der Waals surface area contributed by atoms with Crippen molar-refractivity contribution < 1.29 is 14.3 Å². The predicted octanol–water partition coefficient (Wildman–Crippen LogP) is 0.989. The van der Waals surface area contributed by atoms with Crippen molar-refractivity contribution in [3.05, 3.63) is 0 Å². The molecule has 0 spiro atoms. The van der Waals surface area contributed by atoms with Crippen LogP contribution < -0.4 is 5.32 Å². The fraction of sp³-hybridized carbons (Fsp3) is 0.833. The zero-order valence-corrected chi connectivity index (χ0v) is 10.7. The molecule has 0 radical (unpaired) electrons. The number of nitrogens with one attached hydrogen (secondary N) is 1. The minimum atomic E-state index is -0.479. The van der Waals surface area contributed by atoms with Gasteiger partial charge in [0.25, 0.3) is 0 Å². The molecule has 5 heteroatoms. The molecule has 0 aromatic heterocycles. The summed E-state index contributed by atoms with van der Waals surface area (Å²) in [7, 11) is 0. The average Bonchev–Trinajstić information content (AvgIpc) is 2.60. The normalized spacial score (nSPS) is 28.6. The number of likely N-dealkylation sites (tertiary alicyclic amines) is 1. The maximum absolute atomic E-state index is 11.9. The Morgan fingerprint density at radius 1 is 1.41 bits per heavy atom. The highest BCUT2D eigenvalue weighted by Crippen LogP contribution is 2.29. The van der Waals surface area contributed by atoms with Gasteiger partial charge < -0.3 is 15.0 Å². The van der Waals surface area contributed by atoms with E-state index in [2.05, 4.69) is 5.32 Å². The maximum Gasteiger partial charge on any atom is 0.410 e. The van der Waals surface area contributed by atoms with Gasteiger partial charge in [0.2, 0.25) is 5.91 Å². The van der Waals surface area contributed by atoms with Crippen LogP contribution >= 0.6 is 0 Å². The van der Waals surface area contributed by atoms with E-state index in [1.807, 2.05) is 20.8 Å². The lowest BCUT2D eigenvalue weighted by atomic mass is 9.89. The molecule has 2 saturated heterocycles. The third-order valence-corrected chi connectivity index (χ3v) is 3.24. The summed E-state index contributed by atoms with van der Waals surface area (Å²) in [5.74, 6) is 0.333. The van der Waals surface area contributed by atoms with Crippen molar-refractivity contribution in [3.63, 3.8) is 0 Å². The van der Waals surface area contributed by atoms with Crippen LogP contribution in [0.15, 0.2) is 0 Å². The topological polar surface area (TPSA) is 58.6 Å². The van der Waals surface area contributed by atoms with Crippen LogP contribution in [0.4, 0.5) is 4.79 Å². The van der Waals surface area contributed by atoms with Crippen molar-refractivity contribution in [2.24, 2.45) is 11.8 Å². The van der Waals surface area contributed by atoms with Gasteiger partial charge in [0.15, 0.2) is 0 Å².